The van der Waals surface area contributed by atoms with Crippen molar-refractivity contribution in [3.05, 3.63) is 59.7 Å². The molecule has 4 rings (SSSR count). The number of nitrogens with zero attached hydrogens (tertiary/aromatic N) is 5. The Labute approximate surface area is 172 Å². The molecular formula is C21H21N7O2. The lowest BCUT2D eigenvalue weighted by Gasteiger charge is -2.10. The number of nitrogens with one attached hydrogen (secondary N) is 2. The summed E-state index contributed by atoms with van der Waals surface area (Å²) in [5.41, 5.74) is 4.08. The fraction of sp³-hybridized carbons (Fsp3) is 0.190. The van der Waals surface area contributed by atoms with Gasteiger partial charge in [0.15, 0.2) is 5.69 Å². The van der Waals surface area contributed by atoms with Crippen LogP contribution in [0.1, 0.15) is 26.5 Å². The van der Waals surface area contributed by atoms with Crippen LogP contribution in [0.25, 0.3) is 22.2 Å². The number of rotatable bonds is 4. The Kier molecular flexibility index (Phi) is 4.78. The van der Waals surface area contributed by atoms with E-state index < -0.39 is 0 Å². The SMILES string of the molecule is CNC(=O)c1nn(C)cc1NC(=O)c1cc(-c2cnn(C)c2C)nc2ccccc12. The van der Waals surface area contributed by atoms with E-state index in [0.29, 0.717) is 27.8 Å². The summed E-state index contributed by atoms with van der Waals surface area (Å²) in [6.45, 7) is 1.95. The molecule has 30 heavy (non-hydrogen) atoms. The first kappa shape index (κ1) is 19.3. The predicted octanol–water partition coefficient (Wildman–Crippen LogP) is 2.29. The lowest BCUT2D eigenvalue weighted by atomic mass is 10.0. The Morgan fingerprint density at radius 2 is 1.87 bits per heavy atom. The van der Waals surface area contributed by atoms with E-state index in [9.17, 15) is 9.59 Å². The summed E-state index contributed by atoms with van der Waals surface area (Å²) < 4.78 is 3.24. The second-order valence-corrected chi connectivity index (χ2v) is 6.94. The van der Waals surface area contributed by atoms with E-state index in [-0.39, 0.29) is 17.5 Å². The van der Waals surface area contributed by atoms with Gasteiger partial charge >= 0.3 is 0 Å². The van der Waals surface area contributed by atoms with Crippen molar-refractivity contribution in [2.75, 3.05) is 12.4 Å². The van der Waals surface area contributed by atoms with E-state index in [0.717, 1.165) is 11.3 Å². The molecule has 0 saturated heterocycles. The second-order valence-electron chi connectivity index (χ2n) is 6.94. The van der Waals surface area contributed by atoms with Crippen molar-refractivity contribution in [3.63, 3.8) is 0 Å². The molecule has 152 valence electrons. The topological polar surface area (TPSA) is 107 Å². The monoisotopic (exact) mass is 403 g/mol. The van der Waals surface area contributed by atoms with Gasteiger partial charge in [-0.25, -0.2) is 4.98 Å². The summed E-state index contributed by atoms with van der Waals surface area (Å²) in [4.78, 5) is 30.1. The van der Waals surface area contributed by atoms with Crippen LogP contribution in [0, 0.1) is 6.92 Å². The van der Waals surface area contributed by atoms with E-state index in [4.69, 9.17) is 4.98 Å². The standard InChI is InChI=1S/C21H21N7O2/c1-12-15(10-23-28(12)4)17-9-14(13-7-5-6-8-16(13)24-17)20(29)25-18-11-27(3)26-19(18)21(30)22-2/h5-11H,1-4H3,(H,22,30)(H,25,29). The van der Waals surface area contributed by atoms with Crippen molar-refractivity contribution in [1.29, 1.82) is 0 Å². The van der Waals surface area contributed by atoms with Gasteiger partial charge in [-0.2, -0.15) is 10.2 Å². The molecule has 0 unspecified atom stereocenters. The zero-order valence-electron chi connectivity index (χ0n) is 17.1. The maximum atomic E-state index is 13.2. The molecule has 0 radical (unpaired) electrons. The van der Waals surface area contributed by atoms with Crippen LogP contribution in [0.5, 0.6) is 0 Å². The molecule has 0 aliphatic rings. The average Bonchev–Trinajstić information content (AvgIpc) is 3.28. The molecule has 9 heteroatoms. The van der Waals surface area contributed by atoms with Crippen LogP contribution in [0.2, 0.25) is 0 Å². The molecule has 0 spiro atoms. The predicted molar refractivity (Wildman–Crippen MR) is 113 cm³/mol. The number of aromatic nitrogens is 5. The first-order valence-electron chi connectivity index (χ1n) is 9.35. The van der Waals surface area contributed by atoms with Gasteiger partial charge in [0.1, 0.15) is 0 Å². The fourth-order valence-electron chi connectivity index (χ4n) is 3.31. The molecule has 4 aromatic rings. The highest BCUT2D eigenvalue weighted by Gasteiger charge is 2.20. The summed E-state index contributed by atoms with van der Waals surface area (Å²) in [7, 11) is 5.06. The van der Waals surface area contributed by atoms with E-state index in [1.54, 1.807) is 30.2 Å². The number of hydrogen-bond donors (Lipinski definition) is 2. The number of fused-ring (bicyclic) bond motifs is 1. The summed E-state index contributed by atoms with van der Waals surface area (Å²) in [6.07, 6.45) is 3.33. The van der Waals surface area contributed by atoms with Crippen molar-refractivity contribution in [3.8, 4) is 11.3 Å². The minimum absolute atomic E-state index is 0.148. The molecule has 0 fully saturated rings. The molecule has 1 aromatic carbocycles. The van der Waals surface area contributed by atoms with Crippen LogP contribution >= 0.6 is 0 Å². The van der Waals surface area contributed by atoms with Crippen molar-refractivity contribution >= 4 is 28.4 Å². The van der Waals surface area contributed by atoms with Crippen LogP contribution in [0.4, 0.5) is 5.69 Å². The second kappa shape index (κ2) is 7.43. The highest BCUT2D eigenvalue weighted by Crippen LogP contribution is 2.27. The molecule has 3 heterocycles. The normalized spacial score (nSPS) is 10.9. The molecule has 0 bridgehead atoms. The number of benzene rings is 1. The summed E-state index contributed by atoms with van der Waals surface area (Å²) >= 11 is 0. The molecule has 0 atom stereocenters. The Bertz CT molecular complexity index is 1290. The summed E-state index contributed by atoms with van der Waals surface area (Å²) in [5.74, 6) is -0.730. The molecule has 0 saturated carbocycles. The molecule has 2 amide bonds. The van der Waals surface area contributed by atoms with Crippen LogP contribution in [0.3, 0.4) is 0 Å². The first-order valence-corrected chi connectivity index (χ1v) is 9.35. The van der Waals surface area contributed by atoms with Crippen LogP contribution in [-0.4, -0.2) is 43.4 Å². The third-order valence-electron chi connectivity index (χ3n) is 4.99. The summed E-state index contributed by atoms with van der Waals surface area (Å²) in [5, 5.41) is 14.5. The van der Waals surface area contributed by atoms with E-state index in [1.165, 1.54) is 11.7 Å². The maximum absolute atomic E-state index is 13.2. The third-order valence-corrected chi connectivity index (χ3v) is 4.99. The molecule has 0 aliphatic carbocycles. The minimum atomic E-state index is -0.378. The Balaban J connectivity index is 1.81. The van der Waals surface area contributed by atoms with Crippen molar-refractivity contribution in [2.24, 2.45) is 14.1 Å². The zero-order chi connectivity index (χ0) is 21.4. The number of amides is 2. The minimum Gasteiger partial charge on any atom is -0.354 e. The number of aryl methyl sites for hydroxylation is 2. The van der Waals surface area contributed by atoms with Gasteiger partial charge in [-0.15, -0.1) is 0 Å². The number of pyridine rings is 1. The van der Waals surface area contributed by atoms with Crippen molar-refractivity contribution in [2.45, 2.75) is 6.92 Å². The Hall–Kier alpha value is -4.01. The van der Waals surface area contributed by atoms with E-state index in [2.05, 4.69) is 20.8 Å². The summed E-state index contributed by atoms with van der Waals surface area (Å²) in [6, 6.07) is 9.19. The van der Waals surface area contributed by atoms with Gasteiger partial charge in [-0.05, 0) is 19.1 Å². The highest BCUT2D eigenvalue weighted by atomic mass is 16.2. The molecular weight excluding hydrogens is 382 g/mol. The largest absolute Gasteiger partial charge is 0.354 e. The highest BCUT2D eigenvalue weighted by molar-refractivity contribution is 6.14. The molecule has 2 N–H and O–H groups in total. The van der Waals surface area contributed by atoms with Gasteiger partial charge in [0.2, 0.25) is 0 Å². The molecule has 3 aromatic heterocycles. The van der Waals surface area contributed by atoms with Gasteiger partial charge in [0, 0.05) is 44.0 Å². The number of para-hydroxylation sites is 1. The van der Waals surface area contributed by atoms with E-state index in [1.807, 2.05) is 38.2 Å². The van der Waals surface area contributed by atoms with Gasteiger partial charge in [-0.1, -0.05) is 18.2 Å². The third kappa shape index (κ3) is 3.30. The Morgan fingerprint density at radius 1 is 1.10 bits per heavy atom. The number of carbonyl (C=O) groups excluding carboxylic acids is 2. The fourth-order valence-corrected chi connectivity index (χ4v) is 3.31. The lowest BCUT2D eigenvalue weighted by Crippen LogP contribution is -2.21. The number of hydrogen-bond acceptors (Lipinski definition) is 5. The van der Waals surface area contributed by atoms with Crippen molar-refractivity contribution < 1.29 is 9.59 Å². The van der Waals surface area contributed by atoms with Crippen molar-refractivity contribution in [1.82, 2.24) is 29.9 Å². The lowest BCUT2D eigenvalue weighted by molar-refractivity contribution is 0.0958. The average molecular weight is 403 g/mol. The van der Waals surface area contributed by atoms with Gasteiger partial charge < -0.3 is 10.6 Å². The number of carbonyl (C=O) groups is 2. The van der Waals surface area contributed by atoms with Crippen LogP contribution < -0.4 is 10.6 Å². The number of anilines is 1. The van der Waals surface area contributed by atoms with Crippen LogP contribution in [0.15, 0.2) is 42.7 Å². The van der Waals surface area contributed by atoms with Crippen LogP contribution in [-0.2, 0) is 14.1 Å². The molecule has 9 nitrogen and oxygen atoms in total. The molecule has 0 aliphatic heterocycles. The maximum Gasteiger partial charge on any atom is 0.273 e. The van der Waals surface area contributed by atoms with Gasteiger partial charge in [-0.3, -0.25) is 19.0 Å². The van der Waals surface area contributed by atoms with Gasteiger partial charge in [0.25, 0.3) is 11.8 Å². The van der Waals surface area contributed by atoms with E-state index >= 15 is 0 Å². The Morgan fingerprint density at radius 3 is 2.57 bits per heavy atom. The zero-order valence-corrected chi connectivity index (χ0v) is 17.1. The van der Waals surface area contributed by atoms with Gasteiger partial charge in [0.05, 0.1) is 28.7 Å². The quantitative estimate of drug-likeness (QED) is 0.544. The smallest absolute Gasteiger partial charge is 0.273 e. The first-order chi connectivity index (χ1) is 14.4.